The minimum Gasteiger partial charge on any atom is -0.462 e. The van der Waals surface area contributed by atoms with Crippen molar-refractivity contribution in [2.75, 3.05) is 6.61 Å². The number of ether oxygens (including phenoxy) is 1. The van der Waals surface area contributed by atoms with Gasteiger partial charge in [0.15, 0.2) is 0 Å². The standard InChI is InChI=1S/C14H15IO2/c1-2-17-14(16)11-8-6-10(7-9-11)12-4-3-5-13(12)15/h5-9,12H,2-4H2,1H3/t12-/m1/s1. The zero-order valence-corrected chi connectivity index (χ0v) is 11.9. The van der Waals surface area contributed by atoms with Crippen molar-refractivity contribution < 1.29 is 9.53 Å². The van der Waals surface area contributed by atoms with Gasteiger partial charge in [-0.15, -0.1) is 0 Å². The third-order valence-electron chi connectivity index (χ3n) is 2.95. The van der Waals surface area contributed by atoms with Crippen LogP contribution in [0.15, 0.2) is 33.9 Å². The Morgan fingerprint density at radius 2 is 2.12 bits per heavy atom. The van der Waals surface area contributed by atoms with E-state index in [-0.39, 0.29) is 5.97 Å². The number of carbonyl (C=O) groups is 1. The van der Waals surface area contributed by atoms with Crippen LogP contribution in [0.4, 0.5) is 0 Å². The SMILES string of the molecule is CCOC(=O)c1ccc([C@H]2CCC=C2I)cc1. The van der Waals surface area contributed by atoms with Crippen molar-refractivity contribution in [2.45, 2.75) is 25.7 Å². The molecule has 0 fully saturated rings. The van der Waals surface area contributed by atoms with Crippen molar-refractivity contribution in [3.05, 3.63) is 45.0 Å². The summed E-state index contributed by atoms with van der Waals surface area (Å²) in [6.07, 6.45) is 4.62. The van der Waals surface area contributed by atoms with Gasteiger partial charge in [0.1, 0.15) is 0 Å². The fourth-order valence-electron chi connectivity index (χ4n) is 2.06. The Morgan fingerprint density at radius 1 is 1.41 bits per heavy atom. The van der Waals surface area contributed by atoms with Gasteiger partial charge in [-0.05, 0) is 63.6 Å². The van der Waals surface area contributed by atoms with Gasteiger partial charge >= 0.3 is 5.97 Å². The number of halogens is 1. The maximum atomic E-state index is 11.5. The maximum absolute atomic E-state index is 11.5. The second-order valence-electron chi connectivity index (χ2n) is 4.06. The zero-order valence-electron chi connectivity index (χ0n) is 9.78. The van der Waals surface area contributed by atoms with Crippen molar-refractivity contribution in [1.29, 1.82) is 0 Å². The van der Waals surface area contributed by atoms with Crippen LogP contribution in [0.3, 0.4) is 0 Å². The van der Waals surface area contributed by atoms with E-state index in [1.54, 1.807) is 0 Å². The Morgan fingerprint density at radius 3 is 2.65 bits per heavy atom. The highest BCUT2D eigenvalue weighted by Crippen LogP contribution is 2.38. The molecule has 1 aromatic rings. The lowest BCUT2D eigenvalue weighted by Crippen LogP contribution is -2.04. The summed E-state index contributed by atoms with van der Waals surface area (Å²) in [6, 6.07) is 7.79. The van der Waals surface area contributed by atoms with Crippen LogP contribution in [0.25, 0.3) is 0 Å². The van der Waals surface area contributed by atoms with E-state index in [4.69, 9.17) is 4.74 Å². The molecule has 1 aliphatic carbocycles. The summed E-state index contributed by atoms with van der Waals surface area (Å²) >= 11 is 2.40. The van der Waals surface area contributed by atoms with Gasteiger partial charge in [0.2, 0.25) is 0 Å². The molecule has 0 radical (unpaired) electrons. The molecule has 0 heterocycles. The van der Waals surface area contributed by atoms with Gasteiger partial charge in [-0.2, -0.15) is 0 Å². The van der Waals surface area contributed by atoms with Gasteiger partial charge < -0.3 is 4.74 Å². The first-order valence-corrected chi connectivity index (χ1v) is 6.93. The molecule has 0 aromatic heterocycles. The number of benzene rings is 1. The fraction of sp³-hybridized carbons (Fsp3) is 0.357. The van der Waals surface area contributed by atoms with Gasteiger partial charge in [0.05, 0.1) is 12.2 Å². The largest absolute Gasteiger partial charge is 0.462 e. The molecule has 1 aliphatic rings. The second-order valence-corrected chi connectivity index (χ2v) is 5.31. The number of hydrogen-bond donors (Lipinski definition) is 0. The number of esters is 1. The van der Waals surface area contributed by atoms with Gasteiger partial charge in [0.25, 0.3) is 0 Å². The van der Waals surface area contributed by atoms with Crippen LogP contribution in [0, 0.1) is 0 Å². The summed E-state index contributed by atoms with van der Waals surface area (Å²) in [7, 11) is 0. The van der Waals surface area contributed by atoms with Crippen LogP contribution in [-0.2, 0) is 4.74 Å². The Kier molecular flexibility index (Phi) is 4.20. The minimum atomic E-state index is -0.240. The first-order chi connectivity index (χ1) is 8.22. The van der Waals surface area contributed by atoms with Gasteiger partial charge in [-0.1, -0.05) is 18.2 Å². The average molecular weight is 342 g/mol. The molecule has 1 aromatic carbocycles. The molecule has 0 saturated carbocycles. The van der Waals surface area contributed by atoms with Crippen molar-refractivity contribution in [2.24, 2.45) is 0 Å². The molecule has 2 nitrogen and oxygen atoms in total. The summed E-state index contributed by atoms with van der Waals surface area (Å²) in [4.78, 5) is 11.5. The van der Waals surface area contributed by atoms with E-state index in [0.29, 0.717) is 18.1 Å². The van der Waals surface area contributed by atoms with E-state index in [0.717, 1.165) is 6.42 Å². The third kappa shape index (κ3) is 2.89. The Balaban J connectivity index is 2.13. The highest BCUT2D eigenvalue weighted by atomic mass is 127. The molecular weight excluding hydrogens is 327 g/mol. The molecule has 0 aliphatic heterocycles. The molecule has 3 heteroatoms. The Labute approximate surface area is 115 Å². The molecule has 90 valence electrons. The molecule has 0 amide bonds. The molecule has 0 N–H and O–H groups in total. The maximum Gasteiger partial charge on any atom is 0.338 e. The number of carbonyl (C=O) groups excluding carboxylic acids is 1. The quantitative estimate of drug-likeness (QED) is 0.612. The second kappa shape index (κ2) is 5.67. The molecule has 1 atom stereocenters. The molecule has 0 saturated heterocycles. The highest BCUT2D eigenvalue weighted by Gasteiger charge is 2.19. The van der Waals surface area contributed by atoms with Crippen LogP contribution < -0.4 is 0 Å². The fourth-order valence-corrected chi connectivity index (χ4v) is 3.04. The Hall–Kier alpha value is -0.840. The summed E-state index contributed by atoms with van der Waals surface area (Å²) in [6.45, 7) is 2.24. The number of hydrogen-bond acceptors (Lipinski definition) is 2. The highest BCUT2D eigenvalue weighted by molar-refractivity contribution is 14.1. The first-order valence-electron chi connectivity index (χ1n) is 5.85. The van der Waals surface area contributed by atoms with E-state index in [1.807, 2.05) is 31.2 Å². The van der Waals surface area contributed by atoms with E-state index in [2.05, 4.69) is 28.7 Å². The molecule has 17 heavy (non-hydrogen) atoms. The van der Waals surface area contributed by atoms with Crippen LogP contribution in [0.5, 0.6) is 0 Å². The smallest absolute Gasteiger partial charge is 0.338 e. The predicted octanol–water partition coefficient (Wildman–Crippen LogP) is 4.06. The van der Waals surface area contributed by atoms with E-state index >= 15 is 0 Å². The number of allylic oxidation sites excluding steroid dienone is 2. The van der Waals surface area contributed by atoms with E-state index < -0.39 is 0 Å². The molecule has 0 unspecified atom stereocenters. The molecular formula is C14H15IO2. The number of rotatable bonds is 3. The van der Waals surface area contributed by atoms with E-state index in [1.165, 1.54) is 15.6 Å². The third-order valence-corrected chi connectivity index (χ3v) is 4.14. The predicted molar refractivity (Wildman–Crippen MR) is 76.5 cm³/mol. The molecule has 0 spiro atoms. The van der Waals surface area contributed by atoms with Crippen LogP contribution in [-0.4, -0.2) is 12.6 Å². The molecule has 0 bridgehead atoms. The minimum absolute atomic E-state index is 0.240. The van der Waals surface area contributed by atoms with Crippen molar-refractivity contribution >= 4 is 28.6 Å². The lowest BCUT2D eigenvalue weighted by molar-refractivity contribution is 0.0526. The van der Waals surface area contributed by atoms with Gasteiger partial charge in [-0.3, -0.25) is 0 Å². The van der Waals surface area contributed by atoms with Crippen molar-refractivity contribution in [3.8, 4) is 0 Å². The van der Waals surface area contributed by atoms with Gasteiger partial charge in [0, 0.05) is 5.92 Å². The topological polar surface area (TPSA) is 26.3 Å². The lowest BCUT2D eigenvalue weighted by atomic mass is 9.98. The monoisotopic (exact) mass is 342 g/mol. The Bertz CT molecular complexity index is 434. The zero-order chi connectivity index (χ0) is 12.3. The normalized spacial score (nSPS) is 18.9. The van der Waals surface area contributed by atoms with Gasteiger partial charge in [-0.25, -0.2) is 4.79 Å². The summed E-state index contributed by atoms with van der Waals surface area (Å²) in [5, 5.41) is 0. The van der Waals surface area contributed by atoms with Crippen molar-refractivity contribution in [1.82, 2.24) is 0 Å². The van der Waals surface area contributed by atoms with Crippen LogP contribution in [0.2, 0.25) is 0 Å². The van der Waals surface area contributed by atoms with Crippen LogP contribution >= 0.6 is 22.6 Å². The average Bonchev–Trinajstić information content (AvgIpc) is 2.76. The first kappa shape index (κ1) is 12.6. The summed E-state index contributed by atoms with van der Waals surface area (Å²) in [5.41, 5.74) is 1.92. The van der Waals surface area contributed by atoms with E-state index in [9.17, 15) is 4.79 Å². The molecule has 2 rings (SSSR count). The van der Waals surface area contributed by atoms with Crippen LogP contribution in [0.1, 0.15) is 41.6 Å². The lowest BCUT2D eigenvalue weighted by Gasteiger charge is -2.11. The summed E-state index contributed by atoms with van der Waals surface area (Å²) < 4.78 is 6.37. The van der Waals surface area contributed by atoms with Crippen molar-refractivity contribution in [3.63, 3.8) is 0 Å². The summed E-state index contributed by atoms with van der Waals surface area (Å²) in [5.74, 6) is 0.280.